The minimum atomic E-state index is -0.282. The minimum absolute atomic E-state index is 0.103. The number of ether oxygens (including phenoxy) is 3. The van der Waals surface area contributed by atoms with Crippen molar-refractivity contribution in [3.05, 3.63) is 60.7 Å². The van der Waals surface area contributed by atoms with Crippen LogP contribution in [-0.4, -0.2) is 26.7 Å². The second-order valence-electron chi connectivity index (χ2n) is 5.00. The Kier molecular flexibility index (Phi) is 6.25. The number of anilines is 1. The van der Waals surface area contributed by atoms with E-state index >= 15 is 0 Å². The third kappa shape index (κ3) is 4.52. The zero-order chi connectivity index (χ0) is 17.4. The van der Waals surface area contributed by atoms with Crippen LogP contribution in [-0.2, 0) is 11.2 Å². The number of carbonyl (C=O) groups is 1. The van der Waals surface area contributed by atoms with Gasteiger partial charge in [0.1, 0.15) is 17.2 Å². The fourth-order valence-corrected chi connectivity index (χ4v) is 2.21. The smallest absolute Gasteiger partial charge is 0.262 e. The van der Waals surface area contributed by atoms with Crippen LogP contribution in [0.15, 0.2) is 55.1 Å². The first-order chi connectivity index (χ1) is 11.7. The van der Waals surface area contributed by atoms with Gasteiger partial charge in [0.25, 0.3) is 5.91 Å². The van der Waals surface area contributed by atoms with Gasteiger partial charge in [-0.2, -0.15) is 0 Å². The van der Waals surface area contributed by atoms with Gasteiger partial charge in [0.15, 0.2) is 6.61 Å². The molecule has 0 radical (unpaired) electrons. The maximum absolute atomic E-state index is 12.2. The van der Waals surface area contributed by atoms with Gasteiger partial charge >= 0.3 is 0 Å². The Bertz CT molecular complexity index is 712. The number of para-hydroxylation sites is 1. The summed E-state index contributed by atoms with van der Waals surface area (Å²) in [5.41, 5.74) is 1.52. The van der Waals surface area contributed by atoms with Crippen LogP contribution in [0.25, 0.3) is 0 Å². The fourth-order valence-electron chi connectivity index (χ4n) is 2.21. The molecule has 0 bridgehead atoms. The van der Waals surface area contributed by atoms with Crippen LogP contribution >= 0.6 is 0 Å². The van der Waals surface area contributed by atoms with E-state index in [0.717, 1.165) is 5.56 Å². The molecule has 2 aromatic rings. The van der Waals surface area contributed by atoms with Gasteiger partial charge in [-0.15, -0.1) is 6.58 Å². The predicted molar refractivity (Wildman–Crippen MR) is 94.0 cm³/mol. The molecule has 1 N–H and O–H groups in total. The molecule has 126 valence electrons. The van der Waals surface area contributed by atoms with E-state index in [4.69, 9.17) is 14.2 Å². The van der Waals surface area contributed by atoms with Crippen LogP contribution in [0.1, 0.15) is 5.56 Å². The van der Waals surface area contributed by atoms with Crippen molar-refractivity contribution in [2.75, 3.05) is 26.1 Å². The molecule has 24 heavy (non-hydrogen) atoms. The molecular weight excluding hydrogens is 306 g/mol. The second kappa shape index (κ2) is 8.62. The summed E-state index contributed by atoms with van der Waals surface area (Å²) in [4.78, 5) is 12.2. The number of amides is 1. The molecule has 1 amide bonds. The first-order valence-corrected chi connectivity index (χ1v) is 7.51. The number of carbonyl (C=O) groups excluding carboxylic acids is 1. The van der Waals surface area contributed by atoms with E-state index in [1.54, 1.807) is 38.5 Å². The van der Waals surface area contributed by atoms with Gasteiger partial charge in [0, 0.05) is 6.07 Å². The summed E-state index contributed by atoms with van der Waals surface area (Å²) in [6.07, 6.45) is 2.48. The largest absolute Gasteiger partial charge is 0.497 e. The van der Waals surface area contributed by atoms with Crippen LogP contribution in [0.5, 0.6) is 17.2 Å². The molecule has 0 aliphatic heterocycles. The van der Waals surface area contributed by atoms with Crippen molar-refractivity contribution in [2.45, 2.75) is 6.42 Å². The average Bonchev–Trinajstić information content (AvgIpc) is 2.61. The van der Waals surface area contributed by atoms with Crippen LogP contribution in [0.4, 0.5) is 5.69 Å². The van der Waals surface area contributed by atoms with E-state index in [1.807, 2.05) is 24.3 Å². The van der Waals surface area contributed by atoms with Crippen molar-refractivity contribution >= 4 is 11.6 Å². The first-order valence-electron chi connectivity index (χ1n) is 7.51. The van der Waals surface area contributed by atoms with E-state index in [9.17, 15) is 4.79 Å². The normalized spacial score (nSPS) is 9.92. The van der Waals surface area contributed by atoms with Gasteiger partial charge in [-0.05, 0) is 30.2 Å². The van der Waals surface area contributed by atoms with Gasteiger partial charge in [0.05, 0.1) is 19.9 Å². The quantitative estimate of drug-likeness (QED) is 0.755. The van der Waals surface area contributed by atoms with Gasteiger partial charge in [0.2, 0.25) is 0 Å². The molecule has 2 rings (SSSR count). The summed E-state index contributed by atoms with van der Waals surface area (Å²) in [6.45, 7) is 3.62. The number of benzene rings is 2. The predicted octanol–water partition coefficient (Wildman–Crippen LogP) is 3.45. The van der Waals surface area contributed by atoms with Crippen molar-refractivity contribution in [3.63, 3.8) is 0 Å². The maximum Gasteiger partial charge on any atom is 0.262 e. The van der Waals surface area contributed by atoms with Gasteiger partial charge in [-0.3, -0.25) is 4.79 Å². The van der Waals surface area contributed by atoms with Crippen molar-refractivity contribution in [1.29, 1.82) is 0 Å². The third-order valence-corrected chi connectivity index (χ3v) is 3.38. The summed E-state index contributed by atoms with van der Waals surface area (Å²) in [7, 11) is 3.10. The molecule has 0 aliphatic rings. The Labute approximate surface area is 141 Å². The molecule has 0 saturated carbocycles. The highest BCUT2D eigenvalue weighted by Gasteiger charge is 2.10. The highest BCUT2D eigenvalue weighted by molar-refractivity contribution is 5.93. The zero-order valence-corrected chi connectivity index (χ0v) is 13.9. The van der Waals surface area contributed by atoms with Crippen molar-refractivity contribution in [3.8, 4) is 17.2 Å². The monoisotopic (exact) mass is 327 g/mol. The lowest BCUT2D eigenvalue weighted by atomic mass is 10.1. The highest BCUT2D eigenvalue weighted by Crippen LogP contribution is 2.28. The van der Waals surface area contributed by atoms with Crippen LogP contribution < -0.4 is 19.5 Å². The summed E-state index contributed by atoms with van der Waals surface area (Å²) in [5, 5.41) is 2.77. The SMILES string of the molecule is C=CCc1ccccc1OCC(=O)Nc1cc(OC)ccc1OC. The summed E-state index contributed by atoms with van der Waals surface area (Å²) in [6, 6.07) is 12.8. The maximum atomic E-state index is 12.2. The fraction of sp³-hybridized carbons (Fsp3) is 0.211. The molecule has 0 saturated heterocycles. The number of allylic oxidation sites excluding steroid dienone is 1. The third-order valence-electron chi connectivity index (χ3n) is 3.38. The Morgan fingerprint density at radius 2 is 1.92 bits per heavy atom. The average molecular weight is 327 g/mol. The van der Waals surface area contributed by atoms with E-state index in [0.29, 0.717) is 29.4 Å². The van der Waals surface area contributed by atoms with E-state index < -0.39 is 0 Å². The summed E-state index contributed by atoms with van der Waals surface area (Å²) in [5.74, 6) is 1.57. The Hall–Kier alpha value is -2.95. The summed E-state index contributed by atoms with van der Waals surface area (Å²) >= 11 is 0. The molecule has 5 nitrogen and oxygen atoms in total. The van der Waals surface area contributed by atoms with E-state index in [-0.39, 0.29) is 12.5 Å². The number of rotatable bonds is 8. The molecule has 0 unspecified atom stereocenters. The number of hydrogen-bond acceptors (Lipinski definition) is 4. The Morgan fingerprint density at radius 3 is 2.62 bits per heavy atom. The molecule has 0 aromatic heterocycles. The van der Waals surface area contributed by atoms with Gasteiger partial charge in [-0.25, -0.2) is 0 Å². The highest BCUT2D eigenvalue weighted by atomic mass is 16.5. The molecule has 2 aromatic carbocycles. The standard InChI is InChI=1S/C19H21NO4/c1-4-7-14-8-5-6-9-17(14)24-13-19(21)20-16-12-15(22-2)10-11-18(16)23-3/h4-6,8-12H,1,7,13H2,2-3H3,(H,20,21). The lowest BCUT2D eigenvalue weighted by molar-refractivity contribution is -0.118. The van der Waals surface area contributed by atoms with Crippen molar-refractivity contribution in [2.24, 2.45) is 0 Å². The number of methoxy groups -OCH3 is 2. The molecule has 0 spiro atoms. The number of hydrogen-bond donors (Lipinski definition) is 1. The first kappa shape index (κ1) is 17.4. The molecule has 5 heteroatoms. The lowest BCUT2D eigenvalue weighted by Crippen LogP contribution is -2.21. The topological polar surface area (TPSA) is 56.8 Å². The molecule has 0 heterocycles. The van der Waals surface area contributed by atoms with Crippen LogP contribution in [0.3, 0.4) is 0 Å². The van der Waals surface area contributed by atoms with Crippen molar-refractivity contribution in [1.82, 2.24) is 0 Å². The van der Waals surface area contributed by atoms with Gasteiger partial charge < -0.3 is 19.5 Å². The molecule has 0 atom stereocenters. The lowest BCUT2D eigenvalue weighted by Gasteiger charge is -2.13. The Balaban J connectivity index is 2.03. The Morgan fingerprint density at radius 1 is 1.12 bits per heavy atom. The summed E-state index contributed by atoms with van der Waals surface area (Å²) < 4.78 is 16.0. The second-order valence-corrected chi connectivity index (χ2v) is 5.00. The number of nitrogens with one attached hydrogen (secondary N) is 1. The molecular formula is C19H21NO4. The zero-order valence-electron chi connectivity index (χ0n) is 13.9. The van der Waals surface area contributed by atoms with Crippen molar-refractivity contribution < 1.29 is 19.0 Å². The molecule has 0 aliphatic carbocycles. The molecule has 0 fully saturated rings. The van der Waals surface area contributed by atoms with Crippen LogP contribution in [0.2, 0.25) is 0 Å². The van der Waals surface area contributed by atoms with Crippen LogP contribution in [0, 0.1) is 0 Å². The van der Waals surface area contributed by atoms with Gasteiger partial charge in [-0.1, -0.05) is 24.3 Å². The van der Waals surface area contributed by atoms with E-state index in [2.05, 4.69) is 11.9 Å². The minimum Gasteiger partial charge on any atom is -0.497 e. The van der Waals surface area contributed by atoms with E-state index in [1.165, 1.54) is 0 Å².